The summed E-state index contributed by atoms with van der Waals surface area (Å²) in [6.45, 7) is 6.85. The van der Waals surface area contributed by atoms with Gasteiger partial charge in [0.2, 0.25) is 0 Å². The highest BCUT2D eigenvalue weighted by Crippen LogP contribution is 2.59. The summed E-state index contributed by atoms with van der Waals surface area (Å²) in [7, 11) is 0. The average molecular weight is 288 g/mol. The van der Waals surface area contributed by atoms with Crippen molar-refractivity contribution in [3.8, 4) is 11.5 Å². The van der Waals surface area contributed by atoms with E-state index >= 15 is 0 Å². The number of hydrogen-bond donors (Lipinski definition) is 2. The number of hydrogen-bond acceptors (Lipinski definition) is 3. The lowest BCUT2D eigenvalue weighted by atomic mass is 9.50. The molecule has 1 aromatic rings. The molecule has 0 amide bonds. The molecule has 2 atom stereocenters. The summed E-state index contributed by atoms with van der Waals surface area (Å²) < 4.78 is 0. The molecule has 2 aliphatic carbocycles. The molecule has 2 aliphatic rings. The Morgan fingerprint density at radius 1 is 1.19 bits per heavy atom. The summed E-state index contributed by atoms with van der Waals surface area (Å²) in [5, 5.41) is 20.6. The number of carbonyl (C=O) groups is 1. The highest BCUT2D eigenvalue weighted by Gasteiger charge is 2.51. The molecule has 0 saturated heterocycles. The van der Waals surface area contributed by atoms with Crippen molar-refractivity contribution in [2.24, 2.45) is 11.3 Å². The average Bonchev–Trinajstić information content (AvgIpc) is 2.41. The molecule has 0 spiro atoms. The van der Waals surface area contributed by atoms with Gasteiger partial charge in [-0.05, 0) is 54.1 Å². The first-order valence-corrected chi connectivity index (χ1v) is 7.85. The monoisotopic (exact) mass is 288 g/mol. The van der Waals surface area contributed by atoms with E-state index in [2.05, 4.69) is 20.8 Å². The van der Waals surface area contributed by atoms with Crippen LogP contribution in [-0.2, 0) is 11.8 Å². The zero-order chi connectivity index (χ0) is 15.4. The van der Waals surface area contributed by atoms with Crippen LogP contribution in [0.25, 0.3) is 0 Å². The van der Waals surface area contributed by atoms with Gasteiger partial charge in [-0.15, -0.1) is 0 Å². The van der Waals surface area contributed by atoms with Gasteiger partial charge >= 0.3 is 0 Å². The lowest BCUT2D eigenvalue weighted by Gasteiger charge is -2.54. The Morgan fingerprint density at radius 2 is 1.90 bits per heavy atom. The molecule has 2 N–H and O–H groups in total. The second-order valence-corrected chi connectivity index (χ2v) is 7.67. The molecular weight excluding hydrogens is 264 g/mol. The normalized spacial score (nSPS) is 30.3. The smallest absolute Gasteiger partial charge is 0.168 e. The zero-order valence-electron chi connectivity index (χ0n) is 13.1. The van der Waals surface area contributed by atoms with Gasteiger partial charge in [-0.3, -0.25) is 4.79 Å². The lowest BCUT2D eigenvalue weighted by Crippen LogP contribution is -2.47. The van der Waals surface area contributed by atoms with Crippen LogP contribution in [0.3, 0.4) is 0 Å². The van der Waals surface area contributed by atoms with E-state index in [1.807, 2.05) is 0 Å². The Hall–Kier alpha value is -1.51. The van der Waals surface area contributed by atoms with Gasteiger partial charge in [0.05, 0.1) is 5.56 Å². The van der Waals surface area contributed by atoms with Crippen LogP contribution in [0.2, 0.25) is 0 Å². The Morgan fingerprint density at radius 3 is 2.57 bits per heavy atom. The third kappa shape index (κ3) is 1.90. The maximum absolute atomic E-state index is 11.1. The highest BCUT2D eigenvalue weighted by atomic mass is 16.3. The van der Waals surface area contributed by atoms with E-state index in [4.69, 9.17) is 0 Å². The van der Waals surface area contributed by atoms with Crippen molar-refractivity contribution in [3.05, 3.63) is 22.8 Å². The Bertz CT molecular complexity index is 603. The molecular formula is C18H24O3. The second kappa shape index (κ2) is 4.49. The van der Waals surface area contributed by atoms with Gasteiger partial charge in [-0.1, -0.05) is 27.2 Å². The van der Waals surface area contributed by atoms with Crippen LogP contribution in [0.15, 0.2) is 6.07 Å². The van der Waals surface area contributed by atoms with E-state index in [1.54, 1.807) is 6.07 Å². The highest BCUT2D eigenvalue weighted by molar-refractivity contribution is 5.82. The van der Waals surface area contributed by atoms with Gasteiger partial charge < -0.3 is 10.2 Å². The second-order valence-electron chi connectivity index (χ2n) is 7.67. The molecule has 0 heterocycles. The van der Waals surface area contributed by atoms with Crippen molar-refractivity contribution < 1.29 is 15.0 Å². The maximum Gasteiger partial charge on any atom is 0.168 e. The van der Waals surface area contributed by atoms with E-state index in [0.29, 0.717) is 12.2 Å². The Labute approximate surface area is 126 Å². The number of phenolic OH excluding ortho intramolecular Hbond substituents is 2. The minimum atomic E-state index is -0.256. The first kappa shape index (κ1) is 14.4. The van der Waals surface area contributed by atoms with Gasteiger partial charge in [0.1, 0.15) is 0 Å². The molecule has 1 aromatic carbocycles. The summed E-state index contributed by atoms with van der Waals surface area (Å²) in [6, 6.07) is 1.76. The van der Waals surface area contributed by atoms with Crippen LogP contribution >= 0.6 is 0 Å². The fourth-order valence-corrected chi connectivity index (χ4v) is 5.09. The third-order valence-corrected chi connectivity index (χ3v) is 6.02. The van der Waals surface area contributed by atoms with Crippen molar-refractivity contribution in [1.29, 1.82) is 0 Å². The number of phenols is 2. The SMILES string of the molecule is CC1(C)CCC[C@]2(C)c3c(cc(C=O)c(O)c3O)CC[C@H]12. The van der Waals surface area contributed by atoms with Crippen LogP contribution < -0.4 is 0 Å². The number of fused-ring (bicyclic) bond motifs is 3. The fraction of sp³-hybridized carbons (Fsp3) is 0.611. The Balaban J connectivity index is 2.22. The van der Waals surface area contributed by atoms with Crippen molar-refractivity contribution in [3.63, 3.8) is 0 Å². The summed E-state index contributed by atoms with van der Waals surface area (Å²) in [5.74, 6) is 0.173. The van der Waals surface area contributed by atoms with Gasteiger partial charge in [-0.25, -0.2) is 0 Å². The molecule has 0 bridgehead atoms. The first-order valence-electron chi connectivity index (χ1n) is 7.85. The number of carbonyl (C=O) groups excluding carboxylic acids is 1. The van der Waals surface area contributed by atoms with Crippen molar-refractivity contribution in [2.75, 3.05) is 0 Å². The molecule has 0 unspecified atom stereocenters. The van der Waals surface area contributed by atoms with Crippen LogP contribution in [0.1, 0.15) is 67.9 Å². The van der Waals surface area contributed by atoms with Crippen LogP contribution in [-0.4, -0.2) is 16.5 Å². The molecule has 1 fully saturated rings. The minimum Gasteiger partial charge on any atom is -0.504 e. The molecule has 3 nitrogen and oxygen atoms in total. The molecule has 0 aliphatic heterocycles. The van der Waals surface area contributed by atoms with E-state index in [-0.39, 0.29) is 27.9 Å². The molecule has 21 heavy (non-hydrogen) atoms. The van der Waals surface area contributed by atoms with E-state index in [9.17, 15) is 15.0 Å². The van der Waals surface area contributed by atoms with E-state index in [0.717, 1.165) is 36.8 Å². The van der Waals surface area contributed by atoms with E-state index < -0.39 is 0 Å². The van der Waals surface area contributed by atoms with Gasteiger partial charge in [-0.2, -0.15) is 0 Å². The number of aldehydes is 1. The first-order chi connectivity index (χ1) is 9.81. The molecule has 0 radical (unpaired) electrons. The summed E-state index contributed by atoms with van der Waals surface area (Å²) in [5.41, 5.74) is 2.25. The molecule has 3 rings (SSSR count). The topological polar surface area (TPSA) is 57.5 Å². The van der Waals surface area contributed by atoms with Crippen LogP contribution in [0.5, 0.6) is 11.5 Å². The number of benzene rings is 1. The van der Waals surface area contributed by atoms with Crippen LogP contribution in [0, 0.1) is 11.3 Å². The lowest BCUT2D eigenvalue weighted by molar-refractivity contribution is 0.0389. The summed E-state index contributed by atoms with van der Waals surface area (Å²) in [4.78, 5) is 11.1. The largest absolute Gasteiger partial charge is 0.504 e. The predicted molar refractivity (Wildman–Crippen MR) is 82.0 cm³/mol. The predicted octanol–water partition coefficient (Wildman–Crippen LogP) is 3.94. The maximum atomic E-state index is 11.1. The molecule has 1 saturated carbocycles. The van der Waals surface area contributed by atoms with E-state index in [1.165, 1.54) is 6.42 Å². The number of aryl methyl sites for hydroxylation is 1. The Kier molecular flexibility index (Phi) is 3.09. The third-order valence-electron chi connectivity index (χ3n) is 6.02. The van der Waals surface area contributed by atoms with Crippen LogP contribution in [0.4, 0.5) is 0 Å². The van der Waals surface area contributed by atoms with Gasteiger partial charge in [0.15, 0.2) is 17.8 Å². The number of rotatable bonds is 1. The van der Waals surface area contributed by atoms with Gasteiger partial charge in [0.25, 0.3) is 0 Å². The van der Waals surface area contributed by atoms with Gasteiger partial charge in [0, 0.05) is 5.56 Å². The fourth-order valence-electron chi connectivity index (χ4n) is 5.09. The molecule has 0 aromatic heterocycles. The van der Waals surface area contributed by atoms with Crippen molar-refractivity contribution in [1.82, 2.24) is 0 Å². The quantitative estimate of drug-likeness (QED) is 0.608. The zero-order valence-corrected chi connectivity index (χ0v) is 13.1. The summed E-state index contributed by atoms with van der Waals surface area (Å²) in [6.07, 6.45) is 5.94. The summed E-state index contributed by atoms with van der Waals surface area (Å²) >= 11 is 0. The molecule has 3 heteroatoms. The van der Waals surface area contributed by atoms with Crippen molar-refractivity contribution >= 4 is 6.29 Å². The van der Waals surface area contributed by atoms with Crippen molar-refractivity contribution in [2.45, 2.75) is 58.3 Å². The minimum absolute atomic E-state index is 0.0699. The standard InChI is InChI=1S/C18H24O3/c1-17(2)7-4-8-18(3)13(17)6-5-11-9-12(10-19)15(20)16(21)14(11)18/h9-10,13,20-21H,4-8H2,1-3H3/t13-,18+/m1/s1. The molecule has 114 valence electrons. The number of aromatic hydroxyl groups is 2.